The number of thioether (sulfide) groups is 1. The lowest BCUT2D eigenvalue weighted by Gasteiger charge is -2.12. The molecule has 2 aromatic rings. The van der Waals surface area contributed by atoms with Gasteiger partial charge in [-0.3, -0.25) is 0 Å². The Balaban J connectivity index is 2.04. The van der Waals surface area contributed by atoms with Crippen molar-refractivity contribution in [3.8, 4) is 0 Å². The van der Waals surface area contributed by atoms with E-state index in [-0.39, 0.29) is 11.7 Å². The lowest BCUT2D eigenvalue weighted by molar-refractivity contribution is 0.176. The largest absolute Gasteiger partial charge is 0.388 e. The lowest BCUT2D eigenvalue weighted by atomic mass is 9.93. The zero-order valence-electron chi connectivity index (χ0n) is 10.6. The van der Waals surface area contributed by atoms with Crippen LogP contribution in [0.2, 0.25) is 0 Å². The van der Waals surface area contributed by atoms with Gasteiger partial charge in [0.2, 0.25) is 0 Å². The van der Waals surface area contributed by atoms with E-state index in [2.05, 4.69) is 6.07 Å². The van der Waals surface area contributed by atoms with Gasteiger partial charge in [-0.2, -0.15) is 0 Å². The predicted molar refractivity (Wildman–Crippen MR) is 76.0 cm³/mol. The number of halogens is 1. The van der Waals surface area contributed by atoms with E-state index < -0.39 is 6.10 Å². The summed E-state index contributed by atoms with van der Waals surface area (Å²) in [5.74, 6) is -0.0573. The van der Waals surface area contributed by atoms with E-state index in [0.717, 1.165) is 11.1 Å². The van der Waals surface area contributed by atoms with Gasteiger partial charge in [0.1, 0.15) is 5.82 Å². The number of fused-ring (bicyclic) bond motifs is 1. The number of hydrogen-bond donors (Lipinski definition) is 1. The van der Waals surface area contributed by atoms with E-state index in [0.29, 0.717) is 6.42 Å². The second-order valence-electron chi connectivity index (χ2n) is 4.85. The molecule has 1 N–H and O–H groups in total. The molecule has 0 radical (unpaired) electrons. The zero-order chi connectivity index (χ0) is 13.4. The Labute approximate surface area is 116 Å². The molecule has 2 aromatic carbocycles. The van der Waals surface area contributed by atoms with Crippen LogP contribution in [0.4, 0.5) is 4.39 Å². The minimum Gasteiger partial charge on any atom is -0.388 e. The third kappa shape index (κ3) is 2.28. The van der Waals surface area contributed by atoms with Crippen LogP contribution in [0, 0.1) is 5.82 Å². The summed E-state index contributed by atoms with van der Waals surface area (Å²) in [6.45, 7) is 0. The van der Waals surface area contributed by atoms with Gasteiger partial charge in [-0.25, -0.2) is 4.39 Å². The normalized spacial score (nSPS) is 21.4. The maximum Gasteiger partial charge on any atom is 0.123 e. The topological polar surface area (TPSA) is 20.2 Å². The maximum atomic E-state index is 13.0. The van der Waals surface area contributed by atoms with Gasteiger partial charge in [-0.15, -0.1) is 11.8 Å². The van der Waals surface area contributed by atoms with Gasteiger partial charge in [-0.1, -0.05) is 18.2 Å². The van der Waals surface area contributed by atoms with Crippen LogP contribution in [0.25, 0.3) is 0 Å². The molecule has 0 saturated carbocycles. The first-order chi connectivity index (χ1) is 9.19. The molecule has 3 heteroatoms. The number of aliphatic hydroxyl groups is 1. The summed E-state index contributed by atoms with van der Waals surface area (Å²) in [5, 5.41) is 10.2. The van der Waals surface area contributed by atoms with E-state index in [4.69, 9.17) is 0 Å². The fraction of sp³-hybridized carbons (Fsp3) is 0.250. The maximum absolute atomic E-state index is 13.0. The molecular formula is C16H15FOS. The Kier molecular flexibility index (Phi) is 3.33. The smallest absolute Gasteiger partial charge is 0.123 e. The molecule has 0 aromatic heterocycles. The van der Waals surface area contributed by atoms with Crippen molar-refractivity contribution in [1.82, 2.24) is 0 Å². The number of aliphatic hydroxyl groups excluding tert-OH is 1. The van der Waals surface area contributed by atoms with Crippen LogP contribution in [-0.2, 0) is 0 Å². The molecule has 98 valence electrons. The van der Waals surface area contributed by atoms with E-state index in [1.165, 1.54) is 22.6 Å². The van der Waals surface area contributed by atoms with Crippen LogP contribution >= 0.6 is 11.8 Å². The second kappa shape index (κ2) is 4.99. The molecule has 2 atom stereocenters. The van der Waals surface area contributed by atoms with Crippen molar-refractivity contribution >= 4 is 11.8 Å². The molecule has 0 saturated heterocycles. The highest BCUT2D eigenvalue weighted by Crippen LogP contribution is 2.45. The summed E-state index contributed by atoms with van der Waals surface area (Å²) in [5.41, 5.74) is 3.25. The molecule has 0 aliphatic heterocycles. The van der Waals surface area contributed by atoms with Crippen LogP contribution in [0.1, 0.15) is 35.1 Å². The Bertz CT molecular complexity index is 594. The van der Waals surface area contributed by atoms with Crippen molar-refractivity contribution in [3.63, 3.8) is 0 Å². The zero-order valence-corrected chi connectivity index (χ0v) is 11.5. The molecule has 0 spiro atoms. The summed E-state index contributed by atoms with van der Waals surface area (Å²) in [4.78, 5) is 1.19. The van der Waals surface area contributed by atoms with Crippen LogP contribution in [0.3, 0.4) is 0 Å². The highest BCUT2D eigenvalue weighted by atomic mass is 32.2. The first-order valence-electron chi connectivity index (χ1n) is 6.30. The summed E-state index contributed by atoms with van der Waals surface area (Å²) in [6.07, 6.45) is 2.31. The van der Waals surface area contributed by atoms with Gasteiger partial charge in [0.15, 0.2) is 0 Å². The fourth-order valence-electron chi connectivity index (χ4n) is 2.77. The summed E-state index contributed by atoms with van der Waals surface area (Å²) < 4.78 is 13.0. The van der Waals surface area contributed by atoms with Crippen LogP contribution in [0.5, 0.6) is 0 Å². The van der Waals surface area contributed by atoms with Gasteiger partial charge in [0.05, 0.1) is 6.10 Å². The SMILES string of the molecule is CSc1ccc2c(c1)[C@@H](c1ccc(F)cc1)C[C@H]2O. The fourth-order valence-corrected chi connectivity index (χ4v) is 3.22. The van der Waals surface area contributed by atoms with Gasteiger partial charge >= 0.3 is 0 Å². The van der Waals surface area contributed by atoms with Gasteiger partial charge < -0.3 is 5.11 Å². The standard InChI is InChI=1S/C16H15FOS/c1-19-12-6-7-13-15(8-12)14(9-16(13)18)10-2-4-11(17)5-3-10/h2-8,14,16,18H,9H2,1H3/t14-,16-/m1/s1. The van der Waals surface area contributed by atoms with Crippen molar-refractivity contribution < 1.29 is 9.50 Å². The van der Waals surface area contributed by atoms with Gasteiger partial charge in [0, 0.05) is 10.8 Å². The van der Waals surface area contributed by atoms with Crippen LogP contribution in [0.15, 0.2) is 47.4 Å². The highest BCUT2D eigenvalue weighted by Gasteiger charge is 2.30. The number of benzene rings is 2. The van der Waals surface area contributed by atoms with Crippen molar-refractivity contribution in [3.05, 3.63) is 65.0 Å². The predicted octanol–water partition coefficient (Wildman–Crippen LogP) is 4.12. The Morgan fingerprint density at radius 3 is 2.53 bits per heavy atom. The third-order valence-corrected chi connectivity index (χ3v) is 4.49. The molecule has 0 amide bonds. The molecule has 1 aliphatic rings. The molecule has 19 heavy (non-hydrogen) atoms. The Morgan fingerprint density at radius 2 is 1.84 bits per heavy atom. The number of hydrogen-bond acceptors (Lipinski definition) is 2. The van der Waals surface area contributed by atoms with Crippen molar-refractivity contribution in [2.45, 2.75) is 23.3 Å². The number of rotatable bonds is 2. The molecule has 1 aliphatic carbocycles. The first-order valence-corrected chi connectivity index (χ1v) is 7.53. The lowest BCUT2D eigenvalue weighted by Crippen LogP contribution is -1.96. The van der Waals surface area contributed by atoms with E-state index in [1.807, 2.05) is 30.5 Å². The summed E-state index contributed by atoms with van der Waals surface area (Å²) >= 11 is 1.69. The molecule has 0 unspecified atom stereocenters. The molecule has 1 nitrogen and oxygen atoms in total. The van der Waals surface area contributed by atoms with Crippen LogP contribution < -0.4 is 0 Å². The average Bonchev–Trinajstić information content (AvgIpc) is 2.76. The monoisotopic (exact) mass is 274 g/mol. The van der Waals surface area contributed by atoms with E-state index in [9.17, 15) is 9.50 Å². The minimum absolute atomic E-state index is 0.165. The molecule has 0 bridgehead atoms. The molecule has 0 heterocycles. The minimum atomic E-state index is -0.416. The van der Waals surface area contributed by atoms with Crippen molar-refractivity contribution in [2.75, 3.05) is 6.26 Å². The summed E-state index contributed by atoms with van der Waals surface area (Å²) in [6, 6.07) is 12.8. The summed E-state index contributed by atoms with van der Waals surface area (Å²) in [7, 11) is 0. The highest BCUT2D eigenvalue weighted by molar-refractivity contribution is 7.98. The molecule has 3 rings (SSSR count). The van der Waals surface area contributed by atoms with Crippen LogP contribution in [-0.4, -0.2) is 11.4 Å². The Morgan fingerprint density at radius 1 is 1.11 bits per heavy atom. The Hall–Kier alpha value is -1.32. The quantitative estimate of drug-likeness (QED) is 0.831. The average molecular weight is 274 g/mol. The molecular weight excluding hydrogens is 259 g/mol. The van der Waals surface area contributed by atoms with E-state index >= 15 is 0 Å². The molecule has 0 fully saturated rings. The van der Waals surface area contributed by atoms with Gasteiger partial charge in [0.25, 0.3) is 0 Å². The van der Waals surface area contributed by atoms with Gasteiger partial charge in [-0.05, 0) is 53.6 Å². The first kappa shape index (κ1) is 12.7. The van der Waals surface area contributed by atoms with Crippen molar-refractivity contribution in [1.29, 1.82) is 0 Å². The second-order valence-corrected chi connectivity index (χ2v) is 5.73. The van der Waals surface area contributed by atoms with E-state index in [1.54, 1.807) is 11.8 Å². The van der Waals surface area contributed by atoms with Crippen molar-refractivity contribution in [2.24, 2.45) is 0 Å². The third-order valence-electron chi connectivity index (χ3n) is 3.76.